The van der Waals surface area contributed by atoms with Gasteiger partial charge in [0, 0.05) is 0 Å². The van der Waals surface area contributed by atoms with Crippen molar-refractivity contribution in [1.82, 2.24) is 0 Å². The molecule has 1 rings (SSSR count). The van der Waals surface area contributed by atoms with Gasteiger partial charge in [0.15, 0.2) is 11.5 Å². The van der Waals surface area contributed by atoms with Crippen LogP contribution in [0.25, 0.3) is 0 Å². The molecule has 0 aliphatic carbocycles. The fourth-order valence-corrected chi connectivity index (χ4v) is 1.44. The molecular formula is C13H16O6. The minimum absolute atomic E-state index is 0.00387. The Hall–Kier alpha value is -2.24. The molecule has 0 fully saturated rings. The van der Waals surface area contributed by atoms with Crippen LogP contribution in [-0.4, -0.2) is 37.4 Å². The average molecular weight is 268 g/mol. The lowest BCUT2D eigenvalue weighted by Crippen LogP contribution is -2.11. The summed E-state index contributed by atoms with van der Waals surface area (Å²) in [4.78, 5) is 22.1. The van der Waals surface area contributed by atoms with Gasteiger partial charge in [-0.2, -0.15) is 0 Å². The Balaban J connectivity index is 2.88. The highest BCUT2D eigenvalue weighted by atomic mass is 16.5. The van der Waals surface area contributed by atoms with Crippen LogP contribution in [0.15, 0.2) is 18.2 Å². The van der Waals surface area contributed by atoms with Crippen LogP contribution in [0.3, 0.4) is 0 Å². The molecule has 0 radical (unpaired) electrons. The van der Waals surface area contributed by atoms with Gasteiger partial charge >= 0.3 is 11.9 Å². The number of carbonyl (C=O) groups is 2. The summed E-state index contributed by atoms with van der Waals surface area (Å²) in [6.07, 6.45) is 0.0377. The van der Waals surface area contributed by atoms with Gasteiger partial charge in [0.25, 0.3) is 0 Å². The summed E-state index contributed by atoms with van der Waals surface area (Å²) in [5, 5.41) is 9.09. The third-order valence-electron chi connectivity index (χ3n) is 2.29. The topological polar surface area (TPSA) is 82.1 Å². The Morgan fingerprint density at radius 3 is 2.58 bits per heavy atom. The van der Waals surface area contributed by atoms with Crippen LogP contribution in [0.5, 0.6) is 11.5 Å². The summed E-state index contributed by atoms with van der Waals surface area (Å²) in [6.45, 7) is 2.19. The van der Waals surface area contributed by atoms with Crippen molar-refractivity contribution in [3.8, 4) is 11.5 Å². The minimum Gasteiger partial charge on any atom is -0.490 e. The van der Waals surface area contributed by atoms with Crippen LogP contribution >= 0.6 is 0 Å². The summed E-state index contributed by atoms with van der Waals surface area (Å²) in [5.41, 5.74) is -0.00387. The largest absolute Gasteiger partial charge is 0.490 e. The van der Waals surface area contributed by atoms with Gasteiger partial charge in [-0.15, -0.1) is 0 Å². The van der Waals surface area contributed by atoms with Crippen LogP contribution < -0.4 is 9.47 Å². The smallest absolute Gasteiger partial charge is 0.339 e. The van der Waals surface area contributed by atoms with Crippen molar-refractivity contribution in [2.45, 2.75) is 13.3 Å². The van der Waals surface area contributed by atoms with E-state index < -0.39 is 11.9 Å². The number of carboxylic acid groups (broad SMARTS) is 1. The summed E-state index contributed by atoms with van der Waals surface area (Å²) in [7, 11) is 1.28. The SMILES string of the molecule is CCOc1cccc(C(=O)O)c1OCCC(=O)OC. The van der Waals surface area contributed by atoms with Crippen LogP contribution in [0.1, 0.15) is 23.7 Å². The van der Waals surface area contributed by atoms with Crippen molar-refractivity contribution in [1.29, 1.82) is 0 Å². The predicted molar refractivity (Wildman–Crippen MR) is 66.7 cm³/mol. The number of ether oxygens (including phenoxy) is 3. The van der Waals surface area contributed by atoms with Gasteiger partial charge in [0.2, 0.25) is 0 Å². The van der Waals surface area contributed by atoms with E-state index in [-0.39, 0.29) is 24.3 Å². The van der Waals surface area contributed by atoms with E-state index in [1.54, 1.807) is 19.1 Å². The summed E-state index contributed by atoms with van der Waals surface area (Å²) < 4.78 is 15.1. The molecule has 0 aliphatic heterocycles. The Kier molecular flexibility index (Phi) is 5.66. The van der Waals surface area contributed by atoms with E-state index in [0.29, 0.717) is 12.4 Å². The zero-order valence-corrected chi connectivity index (χ0v) is 10.8. The number of hydrogen-bond acceptors (Lipinski definition) is 5. The molecule has 0 amide bonds. The normalized spacial score (nSPS) is 9.79. The van der Waals surface area contributed by atoms with Crippen molar-refractivity contribution in [2.24, 2.45) is 0 Å². The molecule has 0 atom stereocenters. The van der Waals surface area contributed by atoms with Crippen LogP contribution in [0, 0.1) is 0 Å². The second-order valence-electron chi connectivity index (χ2n) is 3.55. The maximum atomic E-state index is 11.1. The summed E-state index contributed by atoms with van der Waals surface area (Å²) in [6, 6.07) is 4.60. The number of aromatic carboxylic acids is 1. The van der Waals surface area contributed by atoms with Crippen molar-refractivity contribution in [2.75, 3.05) is 20.3 Å². The Bertz CT molecular complexity index is 454. The fourth-order valence-electron chi connectivity index (χ4n) is 1.44. The number of methoxy groups -OCH3 is 1. The van der Waals surface area contributed by atoms with Crippen molar-refractivity contribution < 1.29 is 28.9 Å². The molecule has 0 heterocycles. The highest BCUT2D eigenvalue weighted by molar-refractivity contribution is 5.92. The Labute approximate surface area is 110 Å². The van der Waals surface area contributed by atoms with Crippen LogP contribution in [-0.2, 0) is 9.53 Å². The number of benzene rings is 1. The fraction of sp³-hybridized carbons (Fsp3) is 0.385. The molecule has 1 N–H and O–H groups in total. The zero-order valence-electron chi connectivity index (χ0n) is 10.8. The second-order valence-corrected chi connectivity index (χ2v) is 3.55. The molecular weight excluding hydrogens is 252 g/mol. The number of carbonyl (C=O) groups excluding carboxylic acids is 1. The van der Waals surface area contributed by atoms with Gasteiger partial charge < -0.3 is 19.3 Å². The lowest BCUT2D eigenvalue weighted by Gasteiger charge is -2.13. The molecule has 0 bridgehead atoms. The molecule has 0 spiro atoms. The maximum absolute atomic E-state index is 11.1. The van der Waals surface area contributed by atoms with Crippen molar-refractivity contribution in [3.05, 3.63) is 23.8 Å². The lowest BCUT2D eigenvalue weighted by atomic mass is 10.2. The molecule has 0 unspecified atom stereocenters. The number of rotatable bonds is 7. The first-order valence-electron chi connectivity index (χ1n) is 5.78. The highest BCUT2D eigenvalue weighted by Gasteiger charge is 2.16. The van der Waals surface area contributed by atoms with Gasteiger partial charge in [-0.25, -0.2) is 4.79 Å². The van der Waals surface area contributed by atoms with E-state index in [4.69, 9.17) is 14.6 Å². The molecule has 6 heteroatoms. The standard InChI is InChI=1S/C13H16O6/c1-3-18-10-6-4-5-9(13(15)16)12(10)19-8-7-11(14)17-2/h4-6H,3,7-8H2,1-2H3,(H,15,16). The number of esters is 1. The molecule has 0 aromatic heterocycles. The maximum Gasteiger partial charge on any atom is 0.339 e. The van der Waals surface area contributed by atoms with E-state index in [0.717, 1.165) is 0 Å². The van der Waals surface area contributed by atoms with E-state index in [9.17, 15) is 9.59 Å². The quantitative estimate of drug-likeness (QED) is 0.758. The first kappa shape index (κ1) is 14.8. The summed E-state index contributed by atoms with van der Waals surface area (Å²) >= 11 is 0. The highest BCUT2D eigenvalue weighted by Crippen LogP contribution is 2.31. The first-order chi connectivity index (χ1) is 9.10. The Morgan fingerprint density at radius 1 is 1.26 bits per heavy atom. The zero-order chi connectivity index (χ0) is 14.3. The van der Waals surface area contributed by atoms with Crippen LogP contribution in [0.4, 0.5) is 0 Å². The number of carboxylic acids is 1. The molecule has 0 aliphatic rings. The molecule has 19 heavy (non-hydrogen) atoms. The van der Waals surface area contributed by atoms with E-state index in [1.165, 1.54) is 13.2 Å². The van der Waals surface area contributed by atoms with Gasteiger partial charge in [0.1, 0.15) is 5.56 Å². The van der Waals surface area contributed by atoms with E-state index >= 15 is 0 Å². The van der Waals surface area contributed by atoms with E-state index in [1.807, 2.05) is 0 Å². The molecule has 6 nitrogen and oxygen atoms in total. The molecule has 1 aromatic carbocycles. The minimum atomic E-state index is -1.12. The summed E-state index contributed by atoms with van der Waals surface area (Å²) in [5.74, 6) is -1.08. The Morgan fingerprint density at radius 2 is 2.00 bits per heavy atom. The number of hydrogen-bond donors (Lipinski definition) is 1. The molecule has 0 saturated heterocycles. The third kappa shape index (κ3) is 4.17. The lowest BCUT2D eigenvalue weighted by molar-refractivity contribution is -0.141. The van der Waals surface area contributed by atoms with E-state index in [2.05, 4.69) is 4.74 Å². The average Bonchev–Trinajstić information content (AvgIpc) is 2.40. The van der Waals surface area contributed by atoms with Crippen molar-refractivity contribution >= 4 is 11.9 Å². The molecule has 104 valence electrons. The first-order valence-corrected chi connectivity index (χ1v) is 5.78. The molecule has 1 aromatic rings. The van der Waals surface area contributed by atoms with Crippen molar-refractivity contribution in [3.63, 3.8) is 0 Å². The van der Waals surface area contributed by atoms with Crippen LogP contribution in [0.2, 0.25) is 0 Å². The van der Waals surface area contributed by atoms with Gasteiger partial charge in [-0.1, -0.05) is 6.07 Å². The van der Waals surface area contributed by atoms with Gasteiger partial charge in [-0.3, -0.25) is 4.79 Å². The van der Waals surface area contributed by atoms with Gasteiger partial charge in [-0.05, 0) is 19.1 Å². The second kappa shape index (κ2) is 7.25. The molecule has 0 saturated carbocycles. The number of para-hydroxylation sites is 1. The van der Waals surface area contributed by atoms with Gasteiger partial charge in [0.05, 0.1) is 26.7 Å². The third-order valence-corrected chi connectivity index (χ3v) is 2.29. The monoisotopic (exact) mass is 268 g/mol. The predicted octanol–water partition coefficient (Wildman–Crippen LogP) is 1.73.